The Morgan fingerprint density at radius 2 is 2.07 bits per heavy atom. The number of methoxy groups -OCH3 is 1. The molecule has 3 nitrogen and oxygen atoms in total. The molecule has 2 aromatic rings. The minimum Gasteiger partial charge on any atom is -0.481 e. The zero-order valence-electron chi connectivity index (χ0n) is 7.29. The van der Waals surface area contributed by atoms with Crippen molar-refractivity contribution in [3.05, 3.63) is 27.3 Å². The molecule has 72 valence electrons. The molecule has 0 spiro atoms. The fourth-order valence-electron chi connectivity index (χ4n) is 1.11. The summed E-state index contributed by atoms with van der Waals surface area (Å²) in [7, 11) is 1.59. The molecule has 0 saturated carbocycles. The van der Waals surface area contributed by atoms with Crippen LogP contribution in [0.2, 0.25) is 0 Å². The number of fused-ring (bicyclic) bond motifs is 1. The van der Waals surface area contributed by atoms with Gasteiger partial charge in [-0.25, -0.2) is 4.98 Å². The lowest BCUT2D eigenvalue weighted by Gasteiger charge is -2.03. The predicted molar refractivity (Wildman–Crippen MR) is 61.5 cm³/mol. The Morgan fingerprint density at radius 1 is 1.29 bits per heavy atom. The van der Waals surface area contributed by atoms with Crippen molar-refractivity contribution in [2.24, 2.45) is 0 Å². The number of hydrogen-bond acceptors (Lipinski definition) is 3. The molecule has 0 aliphatic heterocycles. The number of rotatable bonds is 1. The van der Waals surface area contributed by atoms with E-state index in [0.29, 0.717) is 5.88 Å². The van der Waals surface area contributed by atoms with E-state index in [1.165, 1.54) is 0 Å². The largest absolute Gasteiger partial charge is 0.481 e. The zero-order chi connectivity index (χ0) is 10.1. The number of pyridine rings is 2. The topological polar surface area (TPSA) is 35.0 Å². The monoisotopic (exact) mass is 316 g/mol. The maximum absolute atomic E-state index is 5.04. The lowest BCUT2D eigenvalue weighted by atomic mass is 10.3. The number of ether oxygens (including phenoxy) is 1. The van der Waals surface area contributed by atoms with Crippen molar-refractivity contribution in [1.29, 1.82) is 0 Å². The quantitative estimate of drug-likeness (QED) is 0.810. The fourth-order valence-corrected chi connectivity index (χ4v) is 1.79. The summed E-state index contributed by atoms with van der Waals surface area (Å²) in [6.45, 7) is 0. The predicted octanol–water partition coefficient (Wildman–Crippen LogP) is 3.16. The van der Waals surface area contributed by atoms with Crippen molar-refractivity contribution in [2.75, 3.05) is 7.11 Å². The molecular formula is C9H6Br2N2O. The third kappa shape index (κ3) is 1.62. The summed E-state index contributed by atoms with van der Waals surface area (Å²) >= 11 is 6.81. The van der Waals surface area contributed by atoms with Crippen LogP contribution in [0.15, 0.2) is 27.3 Å². The average molecular weight is 318 g/mol. The van der Waals surface area contributed by atoms with E-state index >= 15 is 0 Å². The molecule has 0 atom stereocenters. The summed E-state index contributed by atoms with van der Waals surface area (Å²) in [5, 5.41) is 0. The first kappa shape index (κ1) is 9.86. The van der Waals surface area contributed by atoms with E-state index in [-0.39, 0.29) is 0 Å². The van der Waals surface area contributed by atoms with Gasteiger partial charge in [-0.05, 0) is 37.9 Å². The molecule has 2 heterocycles. The summed E-state index contributed by atoms with van der Waals surface area (Å²) in [6, 6.07) is 3.66. The first-order valence-corrected chi connectivity index (χ1v) is 5.45. The number of nitrogens with zero attached hydrogens (tertiary/aromatic N) is 2. The minimum absolute atomic E-state index is 0.582. The molecule has 0 aromatic carbocycles. The van der Waals surface area contributed by atoms with Gasteiger partial charge in [-0.1, -0.05) is 0 Å². The van der Waals surface area contributed by atoms with E-state index in [4.69, 9.17) is 4.74 Å². The summed E-state index contributed by atoms with van der Waals surface area (Å²) in [5.41, 5.74) is 1.62. The first-order valence-electron chi connectivity index (χ1n) is 3.87. The highest BCUT2D eigenvalue weighted by Crippen LogP contribution is 2.29. The Bertz CT molecular complexity index is 487. The van der Waals surface area contributed by atoms with Crippen LogP contribution < -0.4 is 4.74 Å². The second-order valence-electron chi connectivity index (χ2n) is 2.64. The van der Waals surface area contributed by atoms with Crippen molar-refractivity contribution in [3.63, 3.8) is 0 Å². The summed E-state index contributed by atoms with van der Waals surface area (Å²) in [6.07, 6.45) is 1.74. The number of halogens is 2. The van der Waals surface area contributed by atoms with Gasteiger partial charge in [0.15, 0.2) is 0 Å². The van der Waals surface area contributed by atoms with Crippen molar-refractivity contribution in [2.45, 2.75) is 0 Å². The molecule has 5 heteroatoms. The van der Waals surface area contributed by atoms with Crippen molar-refractivity contribution >= 4 is 42.9 Å². The number of hydrogen-bond donors (Lipinski definition) is 0. The Hall–Kier alpha value is -0.680. The third-order valence-electron chi connectivity index (χ3n) is 1.79. The van der Waals surface area contributed by atoms with E-state index in [1.54, 1.807) is 19.4 Å². The smallest absolute Gasteiger partial charge is 0.213 e. The molecule has 2 aromatic heterocycles. The Morgan fingerprint density at radius 3 is 2.79 bits per heavy atom. The van der Waals surface area contributed by atoms with Gasteiger partial charge in [-0.15, -0.1) is 0 Å². The van der Waals surface area contributed by atoms with Gasteiger partial charge in [0.1, 0.15) is 5.52 Å². The van der Waals surface area contributed by atoms with Crippen LogP contribution >= 0.6 is 31.9 Å². The van der Waals surface area contributed by atoms with E-state index in [2.05, 4.69) is 41.8 Å². The normalized spacial score (nSPS) is 10.5. The first-order chi connectivity index (χ1) is 6.72. The second kappa shape index (κ2) is 3.82. The highest BCUT2D eigenvalue weighted by molar-refractivity contribution is 9.13. The van der Waals surface area contributed by atoms with Crippen LogP contribution in [0, 0.1) is 0 Å². The molecule has 0 aliphatic carbocycles. The maximum atomic E-state index is 5.04. The lowest BCUT2D eigenvalue weighted by Crippen LogP contribution is -1.90. The Balaban J connectivity index is 2.78. The molecule has 2 rings (SSSR count). The molecule has 0 fully saturated rings. The van der Waals surface area contributed by atoms with Crippen LogP contribution in [0.3, 0.4) is 0 Å². The molecule has 0 aliphatic rings. The van der Waals surface area contributed by atoms with Gasteiger partial charge in [0.2, 0.25) is 5.88 Å². The standard InChI is InChI=1S/C9H6Br2N2O/c1-14-7-3-2-6-9(13-7)8(11)5(10)4-12-6/h2-4H,1H3. The molecule has 0 bridgehead atoms. The molecule has 0 radical (unpaired) electrons. The summed E-state index contributed by atoms with van der Waals surface area (Å²) < 4.78 is 6.81. The molecule has 0 amide bonds. The summed E-state index contributed by atoms with van der Waals surface area (Å²) in [5.74, 6) is 0.582. The zero-order valence-corrected chi connectivity index (χ0v) is 10.5. The Kier molecular flexibility index (Phi) is 2.69. The SMILES string of the molecule is COc1ccc2ncc(Br)c(Br)c2n1. The average Bonchev–Trinajstić information content (AvgIpc) is 2.23. The molecular weight excluding hydrogens is 312 g/mol. The molecule has 0 saturated heterocycles. The van der Waals surface area contributed by atoms with Gasteiger partial charge < -0.3 is 4.74 Å². The van der Waals surface area contributed by atoms with E-state index < -0.39 is 0 Å². The van der Waals surface area contributed by atoms with Crippen molar-refractivity contribution < 1.29 is 4.74 Å². The van der Waals surface area contributed by atoms with Gasteiger partial charge in [0, 0.05) is 12.3 Å². The highest BCUT2D eigenvalue weighted by Gasteiger charge is 2.06. The Labute approximate surface area is 97.8 Å². The fraction of sp³-hybridized carbons (Fsp3) is 0.111. The lowest BCUT2D eigenvalue weighted by molar-refractivity contribution is 0.399. The van der Waals surface area contributed by atoms with Crippen LogP contribution in [-0.4, -0.2) is 17.1 Å². The number of aromatic nitrogens is 2. The van der Waals surface area contributed by atoms with Crippen LogP contribution in [0.5, 0.6) is 5.88 Å². The summed E-state index contributed by atoms with van der Waals surface area (Å²) in [4.78, 5) is 8.51. The van der Waals surface area contributed by atoms with Crippen LogP contribution in [0.4, 0.5) is 0 Å². The van der Waals surface area contributed by atoms with Crippen LogP contribution in [0.1, 0.15) is 0 Å². The second-order valence-corrected chi connectivity index (χ2v) is 4.29. The highest BCUT2D eigenvalue weighted by atomic mass is 79.9. The van der Waals surface area contributed by atoms with E-state index in [9.17, 15) is 0 Å². The minimum atomic E-state index is 0.582. The van der Waals surface area contributed by atoms with Crippen molar-refractivity contribution in [1.82, 2.24) is 9.97 Å². The van der Waals surface area contributed by atoms with Crippen molar-refractivity contribution in [3.8, 4) is 5.88 Å². The molecule has 0 unspecified atom stereocenters. The van der Waals surface area contributed by atoms with Crippen LogP contribution in [0.25, 0.3) is 11.0 Å². The van der Waals surface area contributed by atoms with Gasteiger partial charge in [-0.2, -0.15) is 0 Å². The third-order valence-corrected chi connectivity index (χ3v) is 3.73. The maximum Gasteiger partial charge on any atom is 0.213 e. The molecule has 0 N–H and O–H groups in total. The van der Waals surface area contributed by atoms with E-state index in [0.717, 1.165) is 20.0 Å². The van der Waals surface area contributed by atoms with E-state index in [1.807, 2.05) is 6.07 Å². The molecule has 14 heavy (non-hydrogen) atoms. The van der Waals surface area contributed by atoms with Gasteiger partial charge in [0.05, 0.1) is 21.6 Å². The van der Waals surface area contributed by atoms with Gasteiger partial charge in [0.25, 0.3) is 0 Å². The van der Waals surface area contributed by atoms with Gasteiger partial charge in [-0.3, -0.25) is 4.98 Å². The van der Waals surface area contributed by atoms with Gasteiger partial charge >= 0.3 is 0 Å². The van der Waals surface area contributed by atoms with Crippen LogP contribution in [-0.2, 0) is 0 Å².